The summed E-state index contributed by atoms with van der Waals surface area (Å²) in [6.07, 6.45) is 5.02. The Kier molecular flexibility index (Phi) is 6.25. The first kappa shape index (κ1) is 21.1. The zero-order valence-electron chi connectivity index (χ0n) is 19.1. The van der Waals surface area contributed by atoms with Gasteiger partial charge in [0.2, 0.25) is 0 Å². The Bertz CT molecular complexity index is 1340. The lowest BCUT2D eigenvalue weighted by molar-refractivity contribution is 0.309. The fraction of sp³-hybridized carbons (Fsp3) is 0.161. The van der Waals surface area contributed by atoms with Crippen LogP contribution in [-0.2, 0) is 25.9 Å². The van der Waals surface area contributed by atoms with Crippen molar-refractivity contribution < 1.29 is 4.74 Å². The van der Waals surface area contributed by atoms with Crippen LogP contribution in [0.15, 0.2) is 109 Å². The van der Waals surface area contributed by atoms with Crippen molar-refractivity contribution in [2.45, 2.75) is 32.8 Å². The molecule has 0 amide bonds. The van der Waals surface area contributed by atoms with Crippen LogP contribution in [-0.4, -0.2) is 4.40 Å². The maximum atomic E-state index is 6.25. The smallest absolute Gasteiger partial charge is 0.143 e. The third-order valence-electron chi connectivity index (χ3n) is 6.30. The summed E-state index contributed by atoms with van der Waals surface area (Å²) in [6.45, 7) is 2.81. The number of hydrogen-bond donors (Lipinski definition) is 0. The Balaban J connectivity index is 1.47. The molecule has 0 saturated heterocycles. The summed E-state index contributed by atoms with van der Waals surface area (Å²) in [7, 11) is 0. The van der Waals surface area contributed by atoms with Crippen LogP contribution in [0.5, 0.6) is 5.75 Å². The Morgan fingerprint density at radius 2 is 1.27 bits per heavy atom. The zero-order chi connectivity index (χ0) is 22.5. The fourth-order valence-electron chi connectivity index (χ4n) is 4.54. The van der Waals surface area contributed by atoms with Gasteiger partial charge in [0, 0.05) is 18.3 Å². The first-order valence-electron chi connectivity index (χ1n) is 11.7. The Hall–Kier alpha value is -3.78. The highest BCUT2D eigenvalue weighted by atomic mass is 16.5. The highest BCUT2D eigenvalue weighted by Crippen LogP contribution is 2.29. The predicted octanol–water partition coefficient (Wildman–Crippen LogP) is 7.26. The molecule has 5 aromatic rings. The molecule has 0 bridgehead atoms. The van der Waals surface area contributed by atoms with Gasteiger partial charge in [-0.25, -0.2) is 0 Å². The average Bonchev–Trinajstić information content (AvgIpc) is 3.23. The molecule has 0 radical (unpaired) electrons. The van der Waals surface area contributed by atoms with Crippen LogP contribution >= 0.6 is 0 Å². The van der Waals surface area contributed by atoms with E-state index < -0.39 is 0 Å². The minimum absolute atomic E-state index is 0.572. The van der Waals surface area contributed by atoms with Gasteiger partial charge in [0.15, 0.2) is 0 Å². The van der Waals surface area contributed by atoms with Crippen molar-refractivity contribution in [1.29, 1.82) is 0 Å². The standard InChI is InChI=1S/C31H29NO/c1-2-26-21-30-31(33-23-25-14-7-4-8-15-25)18-11-19-32(30)29(26)22-28-17-10-9-16-27(28)20-24-12-5-3-6-13-24/h3-19,21H,2,20,22-23H2,1H3. The van der Waals surface area contributed by atoms with E-state index in [-0.39, 0.29) is 0 Å². The summed E-state index contributed by atoms with van der Waals surface area (Å²) in [4.78, 5) is 0. The molecular weight excluding hydrogens is 402 g/mol. The van der Waals surface area contributed by atoms with E-state index in [1.54, 1.807) is 0 Å². The van der Waals surface area contributed by atoms with E-state index >= 15 is 0 Å². The van der Waals surface area contributed by atoms with Gasteiger partial charge in [-0.05, 0) is 58.9 Å². The number of aryl methyl sites for hydroxylation is 1. The lowest BCUT2D eigenvalue weighted by Crippen LogP contribution is -2.02. The minimum Gasteiger partial charge on any atom is -0.487 e. The van der Waals surface area contributed by atoms with Crippen LogP contribution in [0.25, 0.3) is 5.52 Å². The minimum atomic E-state index is 0.572. The van der Waals surface area contributed by atoms with Crippen molar-refractivity contribution in [3.8, 4) is 5.75 Å². The topological polar surface area (TPSA) is 13.6 Å². The number of fused-ring (bicyclic) bond motifs is 1. The lowest BCUT2D eigenvalue weighted by atomic mass is 9.96. The number of hydrogen-bond acceptors (Lipinski definition) is 1. The second-order valence-electron chi connectivity index (χ2n) is 8.48. The lowest BCUT2D eigenvalue weighted by Gasteiger charge is -2.13. The first-order chi connectivity index (χ1) is 16.3. The molecule has 2 heteroatoms. The first-order valence-corrected chi connectivity index (χ1v) is 11.7. The number of ether oxygens (including phenoxy) is 1. The third kappa shape index (κ3) is 4.70. The van der Waals surface area contributed by atoms with E-state index in [9.17, 15) is 0 Å². The molecule has 164 valence electrons. The van der Waals surface area contributed by atoms with Crippen LogP contribution < -0.4 is 4.74 Å². The van der Waals surface area contributed by atoms with Gasteiger partial charge >= 0.3 is 0 Å². The normalized spacial score (nSPS) is 11.1. The fourth-order valence-corrected chi connectivity index (χ4v) is 4.54. The Morgan fingerprint density at radius 3 is 1.97 bits per heavy atom. The van der Waals surface area contributed by atoms with Crippen molar-refractivity contribution in [2.24, 2.45) is 0 Å². The van der Waals surface area contributed by atoms with E-state index in [0.29, 0.717) is 6.61 Å². The van der Waals surface area contributed by atoms with Crippen molar-refractivity contribution in [3.63, 3.8) is 0 Å². The predicted molar refractivity (Wildman–Crippen MR) is 136 cm³/mol. The van der Waals surface area contributed by atoms with Crippen LogP contribution in [0.4, 0.5) is 0 Å². The maximum Gasteiger partial charge on any atom is 0.143 e. The van der Waals surface area contributed by atoms with Crippen LogP contribution in [0.1, 0.15) is 40.4 Å². The molecule has 33 heavy (non-hydrogen) atoms. The van der Waals surface area contributed by atoms with Crippen molar-refractivity contribution in [2.75, 3.05) is 0 Å². The Labute approximate surface area is 196 Å². The van der Waals surface area contributed by atoms with Gasteiger partial charge in [-0.2, -0.15) is 0 Å². The van der Waals surface area contributed by atoms with E-state index in [1.807, 2.05) is 6.07 Å². The molecule has 0 aliphatic heterocycles. The quantitative estimate of drug-likeness (QED) is 0.252. The van der Waals surface area contributed by atoms with E-state index in [2.05, 4.69) is 115 Å². The average molecular weight is 432 g/mol. The van der Waals surface area contributed by atoms with Gasteiger partial charge < -0.3 is 9.14 Å². The Morgan fingerprint density at radius 1 is 0.636 bits per heavy atom. The van der Waals surface area contributed by atoms with Crippen LogP contribution in [0.3, 0.4) is 0 Å². The molecular formula is C31H29NO. The van der Waals surface area contributed by atoms with Crippen molar-refractivity contribution in [1.82, 2.24) is 4.40 Å². The highest BCUT2D eigenvalue weighted by Gasteiger charge is 2.15. The van der Waals surface area contributed by atoms with Gasteiger partial charge in [-0.1, -0.05) is 91.9 Å². The molecule has 2 nitrogen and oxygen atoms in total. The summed E-state index contributed by atoms with van der Waals surface area (Å²) in [6, 6.07) is 36.4. The van der Waals surface area contributed by atoms with E-state index in [1.165, 1.54) is 33.5 Å². The number of rotatable bonds is 8. The third-order valence-corrected chi connectivity index (χ3v) is 6.30. The molecule has 2 heterocycles. The molecule has 0 fully saturated rings. The molecule has 0 spiro atoms. The number of pyridine rings is 1. The molecule has 2 aromatic heterocycles. The van der Waals surface area contributed by atoms with Gasteiger partial charge in [0.25, 0.3) is 0 Å². The summed E-state index contributed by atoms with van der Waals surface area (Å²) in [5.41, 5.74) is 9.15. The molecule has 0 N–H and O–H groups in total. The van der Waals surface area contributed by atoms with Crippen LogP contribution in [0, 0.1) is 0 Å². The summed E-state index contributed by atoms with van der Waals surface area (Å²) in [5.74, 6) is 0.930. The number of nitrogens with zero attached hydrogens (tertiary/aromatic N) is 1. The monoisotopic (exact) mass is 431 g/mol. The second-order valence-corrected chi connectivity index (χ2v) is 8.48. The summed E-state index contributed by atoms with van der Waals surface area (Å²) < 4.78 is 8.57. The summed E-state index contributed by atoms with van der Waals surface area (Å²) >= 11 is 0. The highest BCUT2D eigenvalue weighted by molar-refractivity contribution is 5.64. The van der Waals surface area contributed by atoms with Crippen molar-refractivity contribution in [3.05, 3.63) is 143 Å². The van der Waals surface area contributed by atoms with Gasteiger partial charge in [-0.3, -0.25) is 0 Å². The number of benzene rings is 3. The van der Waals surface area contributed by atoms with E-state index in [0.717, 1.165) is 30.5 Å². The van der Waals surface area contributed by atoms with Crippen molar-refractivity contribution >= 4 is 5.52 Å². The SMILES string of the molecule is CCc1cc2c(OCc3ccccc3)cccn2c1Cc1ccccc1Cc1ccccc1. The molecule has 0 aliphatic carbocycles. The largest absolute Gasteiger partial charge is 0.487 e. The molecule has 3 aromatic carbocycles. The van der Waals surface area contributed by atoms with Gasteiger partial charge in [0.05, 0.1) is 5.52 Å². The maximum absolute atomic E-state index is 6.25. The summed E-state index contributed by atoms with van der Waals surface area (Å²) in [5, 5.41) is 0. The van der Waals surface area contributed by atoms with Gasteiger partial charge in [-0.15, -0.1) is 0 Å². The number of aromatic nitrogens is 1. The molecule has 0 atom stereocenters. The molecule has 0 unspecified atom stereocenters. The molecule has 0 saturated carbocycles. The van der Waals surface area contributed by atoms with E-state index in [4.69, 9.17) is 4.74 Å². The molecule has 0 aliphatic rings. The zero-order valence-corrected chi connectivity index (χ0v) is 19.1. The molecule has 5 rings (SSSR count). The second kappa shape index (κ2) is 9.79. The van der Waals surface area contributed by atoms with Gasteiger partial charge in [0.1, 0.15) is 12.4 Å². The van der Waals surface area contributed by atoms with Crippen LogP contribution in [0.2, 0.25) is 0 Å².